The second-order valence-corrected chi connectivity index (χ2v) is 11.5. The van der Waals surface area contributed by atoms with E-state index in [1.165, 1.54) is 11.8 Å². The van der Waals surface area contributed by atoms with Crippen LogP contribution in [0.1, 0.15) is 11.4 Å². The SMILES string of the molecule is CNC(=O)C1=C2COc3c(ccc(F)c3CCN3CCN(c4cccc5nc(C)ncc45)CC3)N2C=I1. The van der Waals surface area contributed by atoms with Gasteiger partial charge in [-0.15, -0.1) is 0 Å². The maximum atomic E-state index is 15.0. The van der Waals surface area contributed by atoms with Crippen molar-refractivity contribution in [2.45, 2.75) is 13.3 Å². The number of rotatable bonds is 5. The van der Waals surface area contributed by atoms with E-state index in [9.17, 15) is 9.18 Å². The number of aryl methyl sites for hydroxylation is 1. The first-order chi connectivity index (χ1) is 18.0. The Labute approximate surface area is 224 Å². The fraction of sp³-hybridized carbons (Fsp3) is 0.333. The highest BCUT2D eigenvalue weighted by Crippen LogP contribution is 2.44. The van der Waals surface area contributed by atoms with Crippen LogP contribution in [0.25, 0.3) is 10.9 Å². The second-order valence-electron chi connectivity index (χ2n) is 9.29. The number of fused-ring (bicyclic) bond motifs is 4. The summed E-state index contributed by atoms with van der Waals surface area (Å²) in [6, 6.07) is 9.49. The number of halogens is 2. The molecule has 10 heteroatoms. The van der Waals surface area contributed by atoms with Crippen LogP contribution in [0.3, 0.4) is 0 Å². The molecule has 0 spiro atoms. The van der Waals surface area contributed by atoms with Crippen molar-refractivity contribution in [1.82, 2.24) is 20.2 Å². The van der Waals surface area contributed by atoms with Gasteiger partial charge in [-0.25, -0.2) is 14.4 Å². The summed E-state index contributed by atoms with van der Waals surface area (Å²) in [5.41, 5.74) is 4.45. The van der Waals surface area contributed by atoms with Crippen LogP contribution in [-0.2, 0) is 11.2 Å². The number of aromatic nitrogens is 2. The Morgan fingerprint density at radius 1 is 1.16 bits per heavy atom. The highest BCUT2D eigenvalue weighted by molar-refractivity contribution is 14.2. The van der Waals surface area contributed by atoms with E-state index in [1.807, 2.05) is 24.1 Å². The molecule has 4 heterocycles. The van der Waals surface area contributed by atoms with Crippen LogP contribution in [0.5, 0.6) is 5.75 Å². The molecule has 0 atom stereocenters. The molecule has 3 aromatic rings. The van der Waals surface area contributed by atoms with Crippen molar-refractivity contribution in [3.8, 4) is 5.75 Å². The molecule has 3 aliphatic heterocycles. The van der Waals surface area contributed by atoms with Gasteiger partial charge in [0.25, 0.3) is 5.91 Å². The third-order valence-electron chi connectivity index (χ3n) is 7.14. The first kappa shape index (κ1) is 24.2. The van der Waals surface area contributed by atoms with E-state index >= 15 is 0 Å². The van der Waals surface area contributed by atoms with Crippen molar-refractivity contribution in [2.24, 2.45) is 0 Å². The van der Waals surface area contributed by atoms with Gasteiger partial charge in [-0.1, -0.05) is 26.8 Å². The molecular weight excluding hydrogens is 586 g/mol. The van der Waals surface area contributed by atoms with Crippen LogP contribution >= 0.6 is 20.7 Å². The number of benzene rings is 2. The Morgan fingerprint density at radius 3 is 2.81 bits per heavy atom. The van der Waals surface area contributed by atoms with E-state index in [0.29, 0.717) is 17.7 Å². The topological polar surface area (TPSA) is 73.8 Å². The minimum atomic E-state index is -0.550. The van der Waals surface area contributed by atoms with Crippen molar-refractivity contribution < 1.29 is 13.9 Å². The van der Waals surface area contributed by atoms with Crippen molar-refractivity contribution in [2.75, 3.05) is 56.2 Å². The van der Waals surface area contributed by atoms with E-state index in [4.69, 9.17) is 4.74 Å². The van der Waals surface area contributed by atoms with Gasteiger partial charge >= 0.3 is 0 Å². The quantitative estimate of drug-likeness (QED) is 0.443. The second kappa shape index (κ2) is 9.97. The van der Waals surface area contributed by atoms with Crippen LogP contribution < -0.4 is 19.9 Å². The Morgan fingerprint density at radius 2 is 2.00 bits per heavy atom. The number of hydrogen-bond donors (Lipinski definition) is 1. The standard InChI is InChI=1S/C27H28FIN6O2/c1-17-31-14-19-21(32-17)4-3-5-22(19)34-12-10-33(11-13-34)9-8-18-20(28)6-7-23-26(18)37-15-24-25(27(36)30-2)29-16-35(23)24/h3-7,14,16H,8-13,15H2,1-2H3,(H,30,36). The Bertz CT molecular complexity index is 1450. The highest BCUT2D eigenvalue weighted by Gasteiger charge is 2.32. The molecule has 1 fully saturated rings. The Kier molecular flexibility index (Phi) is 6.53. The largest absolute Gasteiger partial charge is 0.485 e. The lowest BCUT2D eigenvalue weighted by Crippen LogP contribution is -2.47. The summed E-state index contributed by atoms with van der Waals surface area (Å²) < 4.78 is 23.9. The van der Waals surface area contributed by atoms with Gasteiger partial charge in [-0.3, -0.25) is 9.69 Å². The van der Waals surface area contributed by atoms with E-state index in [1.54, 1.807) is 13.1 Å². The highest BCUT2D eigenvalue weighted by atomic mass is 127. The monoisotopic (exact) mass is 614 g/mol. The summed E-state index contributed by atoms with van der Waals surface area (Å²) >= 11 is -0.550. The van der Waals surface area contributed by atoms with Gasteiger partial charge in [0.15, 0.2) is 0 Å². The summed E-state index contributed by atoms with van der Waals surface area (Å²) in [6.45, 7) is 6.52. The average molecular weight is 614 g/mol. The number of nitrogens with zero attached hydrogens (tertiary/aromatic N) is 5. The molecule has 0 radical (unpaired) electrons. The van der Waals surface area contributed by atoms with Crippen LogP contribution in [0.2, 0.25) is 0 Å². The van der Waals surface area contributed by atoms with Crippen molar-refractivity contribution >= 4 is 53.1 Å². The number of carbonyl (C=O) groups is 1. The zero-order valence-corrected chi connectivity index (χ0v) is 23.0. The lowest BCUT2D eigenvalue weighted by Gasteiger charge is -2.37. The van der Waals surface area contributed by atoms with E-state index < -0.39 is 20.7 Å². The molecule has 0 unspecified atom stereocenters. The summed E-state index contributed by atoms with van der Waals surface area (Å²) in [7, 11) is 1.64. The Balaban J connectivity index is 1.14. The lowest BCUT2D eigenvalue weighted by atomic mass is 10.1. The van der Waals surface area contributed by atoms with Crippen molar-refractivity contribution in [3.63, 3.8) is 0 Å². The zero-order valence-electron chi connectivity index (χ0n) is 20.8. The molecule has 37 heavy (non-hydrogen) atoms. The molecule has 2 aromatic carbocycles. The minimum absolute atomic E-state index is 0.0544. The normalized spacial score (nSPS) is 17.4. The molecule has 0 bridgehead atoms. The first-order valence-electron chi connectivity index (χ1n) is 12.4. The molecule has 1 N–H and O–H groups in total. The lowest BCUT2D eigenvalue weighted by molar-refractivity contribution is -0.116. The minimum Gasteiger partial charge on any atom is -0.485 e. The van der Waals surface area contributed by atoms with Gasteiger partial charge in [0.1, 0.15) is 24.0 Å². The third-order valence-corrected chi connectivity index (χ3v) is 9.71. The molecule has 8 nitrogen and oxygen atoms in total. The average Bonchev–Trinajstić information content (AvgIpc) is 3.36. The number of piperazine rings is 1. The van der Waals surface area contributed by atoms with Gasteiger partial charge in [0, 0.05) is 66.7 Å². The van der Waals surface area contributed by atoms with Gasteiger partial charge in [0.05, 0.1) is 20.5 Å². The number of likely N-dealkylation sites (N-methyl/N-ethyl adjacent to an activating group) is 1. The van der Waals surface area contributed by atoms with Crippen LogP contribution in [0, 0.1) is 12.7 Å². The number of anilines is 2. The fourth-order valence-electron chi connectivity index (χ4n) is 5.15. The van der Waals surface area contributed by atoms with Crippen LogP contribution in [-0.4, -0.2) is 71.3 Å². The molecule has 192 valence electrons. The molecule has 6 rings (SSSR count). The molecule has 1 saturated heterocycles. The summed E-state index contributed by atoms with van der Waals surface area (Å²) in [6.07, 6.45) is 2.49. The van der Waals surface area contributed by atoms with Gasteiger partial charge in [-0.2, -0.15) is 0 Å². The van der Waals surface area contributed by atoms with Crippen molar-refractivity contribution in [1.29, 1.82) is 0 Å². The molecule has 1 aromatic heterocycles. The number of ether oxygens (including phenoxy) is 1. The van der Waals surface area contributed by atoms with Crippen molar-refractivity contribution in [3.05, 3.63) is 63.0 Å². The molecular formula is C27H28FIN6O2. The van der Waals surface area contributed by atoms with Crippen LogP contribution in [0.4, 0.5) is 15.8 Å². The fourth-order valence-corrected chi connectivity index (χ4v) is 7.67. The number of nitrogens with one attached hydrogen (secondary N) is 1. The number of amides is 1. The van der Waals surface area contributed by atoms with E-state index in [-0.39, 0.29) is 18.3 Å². The summed E-state index contributed by atoms with van der Waals surface area (Å²) in [5, 5.41) is 3.79. The zero-order chi connectivity index (χ0) is 25.5. The predicted octanol–water partition coefficient (Wildman–Crippen LogP) is 3.34. The van der Waals surface area contributed by atoms with Crippen LogP contribution in [0.15, 0.2) is 45.8 Å². The maximum absolute atomic E-state index is 15.0. The third kappa shape index (κ3) is 4.46. The smallest absolute Gasteiger partial charge is 0.258 e. The number of hydrogen-bond acceptors (Lipinski definition) is 7. The van der Waals surface area contributed by atoms with Gasteiger partial charge < -0.3 is 19.9 Å². The predicted molar refractivity (Wildman–Crippen MR) is 152 cm³/mol. The van der Waals surface area contributed by atoms with Gasteiger partial charge in [-0.05, 0) is 37.6 Å². The van der Waals surface area contributed by atoms with E-state index in [2.05, 4.69) is 41.4 Å². The molecule has 3 aliphatic rings. The molecule has 0 aliphatic carbocycles. The maximum Gasteiger partial charge on any atom is 0.258 e. The first-order valence-corrected chi connectivity index (χ1v) is 14.7. The Hall–Kier alpha value is -3.12. The number of carbonyl (C=O) groups excluding carboxylic acids is 1. The summed E-state index contributed by atoms with van der Waals surface area (Å²) in [5.74, 6) is 1.08. The molecule has 1 amide bonds. The van der Waals surface area contributed by atoms with Gasteiger partial charge in [0.2, 0.25) is 0 Å². The van der Waals surface area contributed by atoms with E-state index in [0.717, 1.165) is 64.4 Å². The molecule has 0 saturated carbocycles. The summed E-state index contributed by atoms with van der Waals surface area (Å²) in [4.78, 5) is 28.0.